The first-order valence-corrected chi connectivity index (χ1v) is 3.86. The molecule has 9 N–H and O–H groups in total. The second-order valence-corrected chi connectivity index (χ2v) is 3.08. The van der Waals surface area contributed by atoms with Gasteiger partial charge in [0, 0.05) is 6.54 Å². The number of nitrogens with one attached hydrogen (secondary N) is 1. The van der Waals surface area contributed by atoms with Gasteiger partial charge in [0.25, 0.3) is 0 Å². The lowest BCUT2D eigenvalue weighted by Gasteiger charge is -2.31. The van der Waals surface area contributed by atoms with E-state index in [1.165, 1.54) is 0 Å². The Bertz CT molecular complexity index is 166. The molecule has 0 bridgehead atoms. The first kappa shape index (κ1) is 13.7. The third-order valence-electron chi connectivity index (χ3n) is 1.78. The molecule has 0 aromatic carbocycles. The number of rotatable bonds is 6. The Kier molecular flexibility index (Phi) is 4.84. The molecule has 0 spiro atoms. The molecule has 0 amide bonds. The van der Waals surface area contributed by atoms with Gasteiger partial charge in [0.15, 0.2) is 0 Å². The zero-order valence-corrected chi connectivity index (χ0v) is 7.46. The second kappa shape index (κ2) is 4.96. The molecule has 0 aliphatic carbocycles. The number of nitrogens with two attached hydrogens (primary N) is 1. The fourth-order valence-corrected chi connectivity index (χ4v) is 0.698. The van der Waals surface area contributed by atoms with Crippen LogP contribution >= 0.6 is 0 Å². The predicted octanol–water partition coefficient (Wildman–Crippen LogP) is -4.79. The molecule has 1 unspecified atom stereocenters. The Morgan fingerprint density at radius 2 is 1.57 bits per heavy atom. The van der Waals surface area contributed by atoms with Crippen molar-refractivity contribution in [3.63, 3.8) is 0 Å². The van der Waals surface area contributed by atoms with Crippen molar-refractivity contribution in [2.45, 2.75) is 17.7 Å². The van der Waals surface area contributed by atoms with Crippen LogP contribution in [0.1, 0.15) is 0 Å². The SMILES string of the molecule is NC(CO)(CO)C(O)CNC(O)(O)O. The minimum atomic E-state index is -3.13. The maximum atomic E-state index is 9.29. The van der Waals surface area contributed by atoms with Crippen molar-refractivity contribution in [1.29, 1.82) is 0 Å². The van der Waals surface area contributed by atoms with Gasteiger partial charge in [0.1, 0.15) is 0 Å². The van der Waals surface area contributed by atoms with Crippen LogP contribution in [-0.2, 0) is 0 Å². The molecule has 0 aliphatic heterocycles. The van der Waals surface area contributed by atoms with Crippen LogP contribution in [0.15, 0.2) is 0 Å². The van der Waals surface area contributed by atoms with E-state index in [1.54, 1.807) is 5.32 Å². The van der Waals surface area contributed by atoms with Crippen molar-refractivity contribution in [3.8, 4) is 0 Å². The van der Waals surface area contributed by atoms with Gasteiger partial charge in [-0.2, -0.15) is 0 Å². The van der Waals surface area contributed by atoms with E-state index in [0.717, 1.165) is 0 Å². The van der Waals surface area contributed by atoms with Crippen LogP contribution in [0.4, 0.5) is 0 Å². The van der Waals surface area contributed by atoms with Crippen LogP contribution in [0.3, 0.4) is 0 Å². The summed E-state index contributed by atoms with van der Waals surface area (Å²) in [6.07, 6.45) is -4.59. The summed E-state index contributed by atoms with van der Waals surface area (Å²) in [7, 11) is 0. The van der Waals surface area contributed by atoms with Crippen molar-refractivity contribution in [2.24, 2.45) is 5.73 Å². The molecule has 0 rings (SSSR count). The van der Waals surface area contributed by atoms with E-state index < -0.39 is 37.5 Å². The molecule has 8 heteroatoms. The van der Waals surface area contributed by atoms with Gasteiger partial charge in [0.05, 0.1) is 24.9 Å². The van der Waals surface area contributed by atoms with Crippen molar-refractivity contribution in [2.75, 3.05) is 19.8 Å². The predicted molar refractivity (Wildman–Crippen MR) is 44.5 cm³/mol. The molecule has 0 fully saturated rings. The van der Waals surface area contributed by atoms with Crippen LogP contribution in [0, 0.1) is 0 Å². The summed E-state index contributed by atoms with van der Waals surface area (Å²) in [4.78, 5) is 0. The van der Waals surface area contributed by atoms with Gasteiger partial charge in [-0.25, -0.2) is 5.32 Å². The molecule has 86 valence electrons. The Hall–Kier alpha value is -0.320. The van der Waals surface area contributed by atoms with E-state index in [1.807, 2.05) is 0 Å². The minimum Gasteiger partial charge on any atom is -0.394 e. The third kappa shape index (κ3) is 4.26. The zero-order valence-electron chi connectivity index (χ0n) is 7.46. The summed E-state index contributed by atoms with van der Waals surface area (Å²) in [6.45, 7) is -1.90. The molecule has 0 heterocycles. The van der Waals surface area contributed by atoms with Gasteiger partial charge in [-0.1, -0.05) is 0 Å². The van der Waals surface area contributed by atoms with Gasteiger partial charge in [-0.3, -0.25) is 0 Å². The summed E-state index contributed by atoms with van der Waals surface area (Å²) in [6, 6.07) is 0. The lowest BCUT2D eigenvalue weighted by atomic mass is 9.95. The molecule has 8 nitrogen and oxygen atoms in total. The molecule has 1 atom stereocenters. The Morgan fingerprint density at radius 3 is 1.86 bits per heavy atom. The lowest BCUT2D eigenvalue weighted by Crippen LogP contribution is -2.62. The standard InChI is InChI=1S/C6H16N2O6/c7-5(2-9,3-10)4(11)1-8-6(12,13)14/h4,8-14H,1-3,7H2. The van der Waals surface area contributed by atoms with E-state index in [4.69, 9.17) is 31.3 Å². The van der Waals surface area contributed by atoms with E-state index in [0.29, 0.717) is 0 Å². The fraction of sp³-hybridized carbons (Fsp3) is 1.00. The molecule has 0 saturated heterocycles. The molecule has 0 aromatic heterocycles. The molecule has 0 saturated carbocycles. The van der Waals surface area contributed by atoms with Crippen LogP contribution in [0.2, 0.25) is 0 Å². The van der Waals surface area contributed by atoms with Crippen LogP contribution in [0.5, 0.6) is 0 Å². The molecule has 0 radical (unpaired) electrons. The molecule has 14 heavy (non-hydrogen) atoms. The Balaban J connectivity index is 4.12. The zero-order chi connectivity index (χ0) is 11.4. The first-order chi connectivity index (χ1) is 6.25. The van der Waals surface area contributed by atoms with Gasteiger partial charge in [0.2, 0.25) is 0 Å². The minimum absolute atomic E-state index is 0.513. The van der Waals surface area contributed by atoms with Crippen LogP contribution < -0.4 is 11.1 Å². The van der Waals surface area contributed by atoms with E-state index in [-0.39, 0.29) is 0 Å². The van der Waals surface area contributed by atoms with E-state index in [9.17, 15) is 5.11 Å². The second-order valence-electron chi connectivity index (χ2n) is 3.08. The van der Waals surface area contributed by atoms with Crippen molar-refractivity contribution < 1.29 is 30.6 Å². The van der Waals surface area contributed by atoms with E-state index >= 15 is 0 Å². The molecular formula is C6H16N2O6. The highest BCUT2D eigenvalue weighted by Crippen LogP contribution is 2.05. The highest BCUT2D eigenvalue weighted by atomic mass is 16.7. The average Bonchev–Trinajstić information content (AvgIpc) is 2.11. The fourth-order valence-electron chi connectivity index (χ4n) is 0.698. The van der Waals surface area contributed by atoms with Crippen LogP contribution in [0.25, 0.3) is 0 Å². The molecule has 0 aliphatic rings. The van der Waals surface area contributed by atoms with Crippen molar-refractivity contribution in [3.05, 3.63) is 0 Å². The van der Waals surface area contributed by atoms with Gasteiger partial charge < -0.3 is 36.4 Å². The number of aliphatic hydroxyl groups excluding tert-OH is 3. The molecule has 0 aromatic rings. The highest BCUT2D eigenvalue weighted by Gasteiger charge is 2.34. The summed E-state index contributed by atoms with van der Waals surface area (Å²) in [5.41, 5.74) is 3.67. The quantitative estimate of drug-likeness (QED) is 0.204. The number of hydrogen-bond donors (Lipinski definition) is 8. The van der Waals surface area contributed by atoms with Crippen LogP contribution in [-0.4, -0.2) is 68.1 Å². The maximum absolute atomic E-state index is 9.29. The number of hydrogen-bond acceptors (Lipinski definition) is 8. The topological polar surface area (TPSA) is 159 Å². The number of aliphatic hydroxyl groups is 6. The smallest absolute Gasteiger partial charge is 0.343 e. The van der Waals surface area contributed by atoms with Gasteiger partial charge in [-0.05, 0) is 0 Å². The first-order valence-electron chi connectivity index (χ1n) is 3.86. The average molecular weight is 212 g/mol. The Labute approximate surface area is 80.2 Å². The van der Waals surface area contributed by atoms with Gasteiger partial charge >= 0.3 is 6.10 Å². The van der Waals surface area contributed by atoms with E-state index in [2.05, 4.69) is 0 Å². The lowest BCUT2D eigenvalue weighted by molar-refractivity contribution is -0.333. The highest BCUT2D eigenvalue weighted by molar-refractivity contribution is 4.91. The monoisotopic (exact) mass is 212 g/mol. The summed E-state index contributed by atoms with van der Waals surface area (Å²) < 4.78 is 0. The summed E-state index contributed by atoms with van der Waals surface area (Å²) in [5.74, 6) is 0. The van der Waals surface area contributed by atoms with Gasteiger partial charge in [-0.15, -0.1) is 0 Å². The summed E-state index contributed by atoms with van der Waals surface area (Å²) in [5, 5.41) is 53.7. The Morgan fingerprint density at radius 1 is 1.14 bits per heavy atom. The third-order valence-corrected chi connectivity index (χ3v) is 1.78. The largest absolute Gasteiger partial charge is 0.394 e. The maximum Gasteiger partial charge on any atom is 0.343 e. The van der Waals surface area contributed by atoms with Crippen molar-refractivity contribution >= 4 is 0 Å². The van der Waals surface area contributed by atoms with Crippen molar-refractivity contribution in [1.82, 2.24) is 5.32 Å². The summed E-state index contributed by atoms with van der Waals surface area (Å²) >= 11 is 0. The normalized spacial score (nSPS) is 15.6. The molecular weight excluding hydrogens is 196 g/mol.